The fraction of sp³-hybridized carbons (Fsp3) is 0.417. The van der Waals surface area contributed by atoms with Gasteiger partial charge in [0.15, 0.2) is 0 Å². The average Bonchev–Trinajstić information content (AvgIpc) is 2.20. The van der Waals surface area contributed by atoms with Gasteiger partial charge in [-0.2, -0.15) is 0 Å². The van der Waals surface area contributed by atoms with Crippen molar-refractivity contribution < 1.29 is 4.79 Å². The van der Waals surface area contributed by atoms with E-state index in [9.17, 15) is 4.79 Å². The van der Waals surface area contributed by atoms with Crippen LogP contribution in [0.1, 0.15) is 30.9 Å². The SMILES string of the molecule is CC(C)c1cc(Cl)ccc1CCNC=O. The minimum atomic E-state index is 0.454. The Bertz CT molecular complexity index is 336. The Kier molecular flexibility index (Phi) is 4.63. The molecule has 0 saturated carbocycles. The summed E-state index contributed by atoms with van der Waals surface area (Å²) < 4.78 is 0. The Labute approximate surface area is 95.6 Å². The van der Waals surface area contributed by atoms with Gasteiger partial charge in [0.25, 0.3) is 0 Å². The number of nitrogens with one attached hydrogen (secondary N) is 1. The third-order valence-corrected chi connectivity index (χ3v) is 2.59. The molecule has 0 aliphatic carbocycles. The fourth-order valence-corrected chi connectivity index (χ4v) is 1.78. The van der Waals surface area contributed by atoms with E-state index in [2.05, 4.69) is 19.2 Å². The zero-order chi connectivity index (χ0) is 11.3. The third-order valence-electron chi connectivity index (χ3n) is 2.35. The third kappa shape index (κ3) is 3.56. The summed E-state index contributed by atoms with van der Waals surface area (Å²) in [5.74, 6) is 0.454. The summed E-state index contributed by atoms with van der Waals surface area (Å²) in [6.07, 6.45) is 1.58. The van der Waals surface area contributed by atoms with E-state index in [0.29, 0.717) is 12.5 Å². The number of hydrogen-bond acceptors (Lipinski definition) is 1. The van der Waals surface area contributed by atoms with Crippen LogP contribution in [0.15, 0.2) is 18.2 Å². The molecule has 1 aromatic rings. The molecule has 0 atom stereocenters. The first-order chi connectivity index (χ1) is 7.15. The Balaban J connectivity index is 2.81. The molecule has 0 bridgehead atoms. The van der Waals surface area contributed by atoms with Crippen LogP contribution in [0.2, 0.25) is 5.02 Å². The molecule has 0 saturated heterocycles. The van der Waals surface area contributed by atoms with Crippen LogP contribution in [-0.2, 0) is 11.2 Å². The van der Waals surface area contributed by atoms with Crippen molar-refractivity contribution in [1.29, 1.82) is 0 Å². The highest BCUT2D eigenvalue weighted by Gasteiger charge is 2.06. The number of halogens is 1. The lowest BCUT2D eigenvalue weighted by atomic mass is 9.95. The lowest BCUT2D eigenvalue weighted by Gasteiger charge is -2.12. The molecule has 0 heterocycles. The van der Waals surface area contributed by atoms with Gasteiger partial charge in [0, 0.05) is 11.6 Å². The minimum Gasteiger partial charge on any atom is -0.358 e. The Morgan fingerprint density at radius 3 is 2.80 bits per heavy atom. The molecule has 2 nitrogen and oxygen atoms in total. The monoisotopic (exact) mass is 225 g/mol. The quantitative estimate of drug-likeness (QED) is 0.606. The first-order valence-corrected chi connectivity index (χ1v) is 5.48. The highest BCUT2D eigenvalue weighted by atomic mass is 35.5. The molecule has 0 spiro atoms. The van der Waals surface area contributed by atoms with Gasteiger partial charge in [0.1, 0.15) is 0 Å². The zero-order valence-corrected chi connectivity index (χ0v) is 9.84. The summed E-state index contributed by atoms with van der Waals surface area (Å²) in [6.45, 7) is 4.95. The van der Waals surface area contributed by atoms with E-state index >= 15 is 0 Å². The van der Waals surface area contributed by atoms with E-state index in [-0.39, 0.29) is 0 Å². The van der Waals surface area contributed by atoms with Gasteiger partial charge in [-0.3, -0.25) is 4.79 Å². The van der Waals surface area contributed by atoms with E-state index in [1.165, 1.54) is 11.1 Å². The number of carbonyl (C=O) groups is 1. The smallest absolute Gasteiger partial charge is 0.207 e. The second-order valence-electron chi connectivity index (χ2n) is 3.82. The summed E-state index contributed by atoms with van der Waals surface area (Å²) in [5, 5.41) is 3.43. The predicted molar refractivity (Wildman–Crippen MR) is 63.3 cm³/mol. The van der Waals surface area contributed by atoms with Crippen molar-refractivity contribution >= 4 is 18.0 Å². The average molecular weight is 226 g/mol. The highest BCUT2D eigenvalue weighted by molar-refractivity contribution is 6.30. The van der Waals surface area contributed by atoms with Gasteiger partial charge >= 0.3 is 0 Å². The van der Waals surface area contributed by atoms with E-state index in [1.807, 2.05) is 18.2 Å². The maximum Gasteiger partial charge on any atom is 0.207 e. The topological polar surface area (TPSA) is 29.1 Å². The number of benzene rings is 1. The first-order valence-electron chi connectivity index (χ1n) is 5.10. The summed E-state index contributed by atoms with van der Waals surface area (Å²) in [6, 6.07) is 5.93. The van der Waals surface area contributed by atoms with Crippen LogP contribution in [0, 0.1) is 0 Å². The van der Waals surface area contributed by atoms with Gasteiger partial charge in [-0.25, -0.2) is 0 Å². The molecular weight excluding hydrogens is 210 g/mol. The van der Waals surface area contributed by atoms with Crippen molar-refractivity contribution in [2.75, 3.05) is 6.54 Å². The maximum atomic E-state index is 10.1. The molecule has 1 amide bonds. The molecule has 0 unspecified atom stereocenters. The largest absolute Gasteiger partial charge is 0.358 e. The number of rotatable bonds is 5. The number of hydrogen-bond donors (Lipinski definition) is 1. The Hall–Kier alpha value is -1.02. The molecule has 3 heteroatoms. The molecule has 82 valence electrons. The van der Waals surface area contributed by atoms with Gasteiger partial charge in [-0.15, -0.1) is 0 Å². The van der Waals surface area contributed by atoms with Gasteiger partial charge in [0.05, 0.1) is 0 Å². The predicted octanol–water partition coefficient (Wildman–Crippen LogP) is 2.75. The van der Waals surface area contributed by atoms with Crippen LogP contribution in [0.5, 0.6) is 0 Å². The Morgan fingerprint density at radius 1 is 1.47 bits per heavy atom. The molecule has 0 fully saturated rings. The summed E-state index contributed by atoms with van der Waals surface area (Å²) in [7, 11) is 0. The molecule has 15 heavy (non-hydrogen) atoms. The van der Waals surface area contributed by atoms with Crippen molar-refractivity contribution in [3.05, 3.63) is 34.3 Å². The van der Waals surface area contributed by atoms with Gasteiger partial charge in [-0.1, -0.05) is 31.5 Å². The van der Waals surface area contributed by atoms with E-state index in [4.69, 9.17) is 11.6 Å². The molecule has 0 aromatic heterocycles. The molecule has 0 aliphatic heterocycles. The van der Waals surface area contributed by atoms with Gasteiger partial charge < -0.3 is 5.32 Å². The van der Waals surface area contributed by atoms with Crippen molar-refractivity contribution in [3.63, 3.8) is 0 Å². The molecule has 1 rings (SSSR count). The van der Waals surface area contributed by atoms with E-state index in [1.54, 1.807) is 0 Å². The van der Waals surface area contributed by atoms with Crippen molar-refractivity contribution in [3.8, 4) is 0 Å². The Morgan fingerprint density at radius 2 is 2.20 bits per heavy atom. The lowest BCUT2D eigenvalue weighted by molar-refractivity contribution is -0.109. The summed E-state index contributed by atoms with van der Waals surface area (Å²) in [4.78, 5) is 10.1. The highest BCUT2D eigenvalue weighted by Crippen LogP contribution is 2.23. The second-order valence-corrected chi connectivity index (χ2v) is 4.26. The van der Waals surface area contributed by atoms with Gasteiger partial charge in [-0.05, 0) is 35.6 Å². The van der Waals surface area contributed by atoms with Crippen LogP contribution in [0.25, 0.3) is 0 Å². The minimum absolute atomic E-state index is 0.454. The van der Waals surface area contributed by atoms with Crippen LogP contribution < -0.4 is 5.32 Å². The molecule has 1 N–H and O–H groups in total. The number of carbonyl (C=O) groups excluding carboxylic acids is 1. The van der Waals surface area contributed by atoms with Gasteiger partial charge in [0.2, 0.25) is 6.41 Å². The molecular formula is C12H16ClNO. The summed E-state index contributed by atoms with van der Waals surface area (Å²) in [5.41, 5.74) is 2.51. The van der Waals surface area contributed by atoms with Crippen molar-refractivity contribution in [2.24, 2.45) is 0 Å². The lowest BCUT2D eigenvalue weighted by Crippen LogP contribution is -2.15. The standard InChI is InChI=1S/C12H16ClNO/c1-9(2)12-7-11(13)4-3-10(12)5-6-14-8-15/h3-4,7-9H,5-6H2,1-2H3,(H,14,15). The molecule has 0 aliphatic rings. The van der Waals surface area contributed by atoms with E-state index in [0.717, 1.165) is 17.9 Å². The van der Waals surface area contributed by atoms with E-state index < -0.39 is 0 Å². The van der Waals surface area contributed by atoms with Crippen LogP contribution in [0.4, 0.5) is 0 Å². The number of amides is 1. The first kappa shape index (κ1) is 12.1. The van der Waals surface area contributed by atoms with Crippen molar-refractivity contribution in [2.45, 2.75) is 26.2 Å². The fourth-order valence-electron chi connectivity index (χ4n) is 1.60. The van der Waals surface area contributed by atoms with Crippen LogP contribution >= 0.6 is 11.6 Å². The van der Waals surface area contributed by atoms with Crippen LogP contribution in [0.3, 0.4) is 0 Å². The molecule has 1 aromatic carbocycles. The zero-order valence-electron chi connectivity index (χ0n) is 9.09. The normalized spacial score (nSPS) is 10.4. The maximum absolute atomic E-state index is 10.1. The second kappa shape index (κ2) is 5.76. The molecule has 0 radical (unpaired) electrons. The van der Waals surface area contributed by atoms with Crippen LogP contribution in [-0.4, -0.2) is 13.0 Å². The van der Waals surface area contributed by atoms with Crippen molar-refractivity contribution in [1.82, 2.24) is 5.32 Å². The summed E-state index contributed by atoms with van der Waals surface area (Å²) >= 11 is 5.95.